The summed E-state index contributed by atoms with van der Waals surface area (Å²) < 4.78 is 5.38. The number of hydrogen-bond acceptors (Lipinski definition) is 5. The molecule has 2 aromatic heterocycles. The number of benzene rings is 1. The Bertz CT molecular complexity index is 779. The fourth-order valence-corrected chi connectivity index (χ4v) is 2.22. The van der Waals surface area contributed by atoms with Gasteiger partial charge in [0, 0.05) is 17.4 Å². The number of rotatable bonds is 3. The first kappa shape index (κ1) is 13.3. The third kappa shape index (κ3) is 2.50. The number of aryl methyl sites for hydroxylation is 2. The Balaban J connectivity index is 2.06. The molecule has 0 bridgehead atoms. The molecule has 0 aliphatic heterocycles. The first-order valence-corrected chi connectivity index (χ1v) is 6.83. The van der Waals surface area contributed by atoms with Crippen molar-refractivity contribution in [3.63, 3.8) is 0 Å². The minimum Gasteiger partial charge on any atom is -0.399 e. The number of pyridine rings is 1. The van der Waals surface area contributed by atoms with Crippen LogP contribution in [0.1, 0.15) is 18.1 Å². The van der Waals surface area contributed by atoms with E-state index in [4.69, 9.17) is 10.3 Å². The van der Waals surface area contributed by atoms with Gasteiger partial charge < -0.3 is 10.3 Å². The summed E-state index contributed by atoms with van der Waals surface area (Å²) in [5.41, 5.74) is 10.2. The van der Waals surface area contributed by atoms with Gasteiger partial charge >= 0.3 is 0 Å². The van der Waals surface area contributed by atoms with Crippen LogP contribution in [0.15, 0.2) is 41.1 Å². The number of anilines is 1. The fraction of sp³-hybridized carbons (Fsp3) is 0.188. The van der Waals surface area contributed by atoms with Gasteiger partial charge in [-0.2, -0.15) is 4.98 Å². The van der Waals surface area contributed by atoms with Gasteiger partial charge in [0.1, 0.15) is 5.69 Å². The molecule has 106 valence electrons. The van der Waals surface area contributed by atoms with Gasteiger partial charge in [-0.3, -0.25) is 4.98 Å². The second-order valence-electron chi connectivity index (χ2n) is 4.86. The minimum absolute atomic E-state index is 0.461. The van der Waals surface area contributed by atoms with Gasteiger partial charge in [-0.25, -0.2) is 0 Å². The highest BCUT2D eigenvalue weighted by molar-refractivity contribution is 5.66. The highest BCUT2D eigenvalue weighted by Gasteiger charge is 2.15. The molecule has 0 spiro atoms. The molecule has 0 aliphatic rings. The summed E-state index contributed by atoms with van der Waals surface area (Å²) >= 11 is 0. The minimum atomic E-state index is 0.461. The van der Waals surface area contributed by atoms with Crippen molar-refractivity contribution in [2.75, 3.05) is 5.73 Å². The molecule has 5 nitrogen and oxygen atoms in total. The maximum atomic E-state index is 5.83. The third-order valence-corrected chi connectivity index (χ3v) is 3.40. The summed E-state index contributed by atoms with van der Waals surface area (Å²) in [7, 11) is 0. The van der Waals surface area contributed by atoms with E-state index in [9.17, 15) is 0 Å². The zero-order valence-corrected chi connectivity index (χ0v) is 12.0. The standard InChI is InChI=1S/C16H16N4O/c1-3-11-5-4-8-18-14(11)15-19-16(21-20-15)13-9-12(17)7-6-10(13)2/h4-9H,3,17H2,1-2H3. The summed E-state index contributed by atoms with van der Waals surface area (Å²) in [5.74, 6) is 0.965. The number of nitrogens with zero attached hydrogens (tertiary/aromatic N) is 3. The van der Waals surface area contributed by atoms with Gasteiger partial charge in [-0.1, -0.05) is 24.2 Å². The SMILES string of the molecule is CCc1cccnc1-c1noc(-c2cc(N)ccc2C)n1. The first-order valence-electron chi connectivity index (χ1n) is 6.83. The average molecular weight is 280 g/mol. The molecule has 0 saturated heterocycles. The van der Waals surface area contributed by atoms with Crippen LogP contribution in [0.3, 0.4) is 0 Å². The van der Waals surface area contributed by atoms with E-state index in [-0.39, 0.29) is 0 Å². The molecule has 0 radical (unpaired) electrons. The van der Waals surface area contributed by atoms with Crippen LogP contribution in [0.4, 0.5) is 5.69 Å². The summed E-state index contributed by atoms with van der Waals surface area (Å²) in [4.78, 5) is 8.82. The predicted molar refractivity (Wildman–Crippen MR) is 81.5 cm³/mol. The quantitative estimate of drug-likeness (QED) is 0.745. The Morgan fingerprint density at radius 2 is 2.10 bits per heavy atom. The number of nitrogen functional groups attached to an aromatic ring is 1. The second kappa shape index (κ2) is 5.36. The van der Waals surface area contributed by atoms with Gasteiger partial charge in [0.15, 0.2) is 0 Å². The van der Waals surface area contributed by atoms with E-state index in [0.717, 1.165) is 28.8 Å². The van der Waals surface area contributed by atoms with Crippen molar-refractivity contribution in [3.05, 3.63) is 47.7 Å². The Labute approximate surface area is 122 Å². The van der Waals surface area contributed by atoms with Crippen molar-refractivity contribution in [1.29, 1.82) is 0 Å². The van der Waals surface area contributed by atoms with Crippen molar-refractivity contribution in [1.82, 2.24) is 15.1 Å². The fourth-order valence-electron chi connectivity index (χ4n) is 2.22. The van der Waals surface area contributed by atoms with Crippen molar-refractivity contribution >= 4 is 5.69 Å². The van der Waals surface area contributed by atoms with Crippen LogP contribution < -0.4 is 5.73 Å². The Hall–Kier alpha value is -2.69. The molecule has 0 aliphatic carbocycles. The molecule has 3 aromatic rings. The van der Waals surface area contributed by atoms with Gasteiger partial charge in [-0.05, 0) is 42.7 Å². The maximum absolute atomic E-state index is 5.83. The summed E-state index contributed by atoms with van der Waals surface area (Å²) in [6.07, 6.45) is 2.60. The van der Waals surface area contributed by atoms with Crippen LogP contribution >= 0.6 is 0 Å². The maximum Gasteiger partial charge on any atom is 0.258 e. The zero-order chi connectivity index (χ0) is 14.8. The molecular weight excluding hydrogens is 264 g/mol. The lowest BCUT2D eigenvalue weighted by molar-refractivity contribution is 0.432. The monoisotopic (exact) mass is 280 g/mol. The average Bonchev–Trinajstić information content (AvgIpc) is 2.99. The van der Waals surface area contributed by atoms with Crippen molar-refractivity contribution in [2.45, 2.75) is 20.3 Å². The number of nitrogens with two attached hydrogens (primary N) is 1. The van der Waals surface area contributed by atoms with Gasteiger partial charge in [0.2, 0.25) is 5.82 Å². The van der Waals surface area contributed by atoms with Crippen LogP contribution in [0.2, 0.25) is 0 Å². The molecule has 1 aromatic carbocycles. The highest BCUT2D eigenvalue weighted by atomic mass is 16.5. The molecule has 0 amide bonds. The molecule has 3 rings (SSSR count). The molecule has 0 saturated carbocycles. The lowest BCUT2D eigenvalue weighted by Gasteiger charge is -2.02. The molecular formula is C16H16N4O. The van der Waals surface area contributed by atoms with Crippen molar-refractivity contribution < 1.29 is 4.52 Å². The normalized spacial score (nSPS) is 10.8. The third-order valence-electron chi connectivity index (χ3n) is 3.40. The van der Waals surface area contributed by atoms with Crippen LogP contribution in [-0.2, 0) is 6.42 Å². The van der Waals surface area contributed by atoms with Crippen molar-refractivity contribution in [2.24, 2.45) is 0 Å². The Morgan fingerprint density at radius 1 is 1.24 bits per heavy atom. The van der Waals surface area contributed by atoms with Crippen LogP contribution in [0, 0.1) is 6.92 Å². The van der Waals surface area contributed by atoms with E-state index >= 15 is 0 Å². The smallest absolute Gasteiger partial charge is 0.258 e. The van der Waals surface area contributed by atoms with E-state index < -0.39 is 0 Å². The molecule has 2 heterocycles. The molecule has 21 heavy (non-hydrogen) atoms. The number of aromatic nitrogens is 3. The van der Waals surface area contributed by atoms with E-state index in [1.165, 1.54) is 0 Å². The van der Waals surface area contributed by atoms with Crippen LogP contribution in [-0.4, -0.2) is 15.1 Å². The number of hydrogen-bond donors (Lipinski definition) is 1. The molecule has 0 fully saturated rings. The van der Waals surface area contributed by atoms with Gasteiger partial charge in [0.05, 0.1) is 0 Å². The van der Waals surface area contributed by atoms with Crippen molar-refractivity contribution in [3.8, 4) is 23.0 Å². The molecule has 0 atom stereocenters. The van der Waals surface area contributed by atoms with Crippen LogP contribution in [0.5, 0.6) is 0 Å². The molecule has 0 unspecified atom stereocenters. The lowest BCUT2D eigenvalue weighted by atomic mass is 10.1. The zero-order valence-electron chi connectivity index (χ0n) is 12.0. The Morgan fingerprint density at radius 3 is 2.90 bits per heavy atom. The second-order valence-corrected chi connectivity index (χ2v) is 4.86. The summed E-state index contributed by atoms with van der Waals surface area (Å²) in [6, 6.07) is 9.55. The van der Waals surface area contributed by atoms with E-state index in [1.807, 2.05) is 37.3 Å². The first-order chi connectivity index (χ1) is 10.2. The predicted octanol–water partition coefficient (Wildman–Crippen LogP) is 3.25. The largest absolute Gasteiger partial charge is 0.399 e. The molecule has 5 heteroatoms. The van der Waals surface area contributed by atoms with E-state index in [1.54, 1.807) is 6.20 Å². The van der Waals surface area contributed by atoms with Gasteiger partial charge in [0.25, 0.3) is 5.89 Å². The Kier molecular flexibility index (Phi) is 3.39. The topological polar surface area (TPSA) is 77.8 Å². The summed E-state index contributed by atoms with van der Waals surface area (Å²) in [6.45, 7) is 4.06. The highest BCUT2D eigenvalue weighted by Crippen LogP contribution is 2.27. The van der Waals surface area contributed by atoms with E-state index in [2.05, 4.69) is 22.0 Å². The van der Waals surface area contributed by atoms with E-state index in [0.29, 0.717) is 17.4 Å². The molecule has 2 N–H and O–H groups in total. The summed E-state index contributed by atoms with van der Waals surface area (Å²) in [5, 5.41) is 4.05. The van der Waals surface area contributed by atoms with Gasteiger partial charge in [-0.15, -0.1) is 0 Å². The van der Waals surface area contributed by atoms with Crippen LogP contribution in [0.25, 0.3) is 23.0 Å². The lowest BCUT2D eigenvalue weighted by Crippen LogP contribution is -1.93.